The van der Waals surface area contributed by atoms with Gasteiger partial charge in [0.1, 0.15) is 6.61 Å². The van der Waals surface area contributed by atoms with Gasteiger partial charge in [0.05, 0.1) is 5.56 Å². The number of benzene rings is 2. The van der Waals surface area contributed by atoms with Crippen molar-refractivity contribution in [1.82, 2.24) is 0 Å². The summed E-state index contributed by atoms with van der Waals surface area (Å²) in [5, 5.41) is 2.84. The molecule has 0 atom stereocenters. The number of rotatable bonds is 3. The maximum atomic E-state index is 12.2. The molecule has 1 aromatic heterocycles. The molecular formula is C16H11IO2S. The van der Waals surface area contributed by atoms with Crippen molar-refractivity contribution in [1.29, 1.82) is 0 Å². The topological polar surface area (TPSA) is 26.3 Å². The summed E-state index contributed by atoms with van der Waals surface area (Å²) in [6, 6.07) is 15.8. The molecule has 0 aliphatic carbocycles. The van der Waals surface area contributed by atoms with Crippen LogP contribution in [-0.4, -0.2) is 5.97 Å². The van der Waals surface area contributed by atoms with E-state index in [0.29, 0.717) is 12.2 Å². The third kappa shape index (κ3) is 2.86. The molecule has 0 aliphatic rings. The first-order valence-electron chi connectivity index (χ1n) is 6.12. The molecule has 3 aromatic rings. The van der Waals surface area contributed by atoms with Crippen molar-refractivity contribution in [2.24, 2.45) is 0 Å². The Morgan fingerprint density at radius 3 is 2.75 bits per heavy atom. The third-order valence-corrected chi connectivity index (χ3v) is 4.60. The largest absolute Gasteiger partial charge is 0.457 e. The highest BCUT2D eigenvalue weighted by molar-refractivity contribution is 14.1. The van der Waals surface area contributed by atoms with Crippen molar-refractivity contribution < 1.29 is 9.53 Å². The Morgan fingerprint density at radius 2 is 1.95 bits per heavy atom. The summed E-state index contributed by atoms with van der Waals surface area (Å²) in [6.07, 6.45) is 0. The van der Waals surface area contributed by atoms with Crippen LogP contribution in [0.2, 0.25) is 0 Å². The molecule has 0 saturated heterocycles. The second kappa shape index (κ2) is 5.93. The number of carbonyl (C=O) groups is 1. The maximum absolute atomic E-state index is 12.2. The van der Waals surface area contributed by atoms with Crippen LogP contribution in [0.4, 0.5) is 0 Å². The first kappa shape index (κ1) is 13.6. The average molecular weight is 394 g/mol. The van der Waals surface area contributed by atoms with Gasteiger partial charge in [0.2, 0.25) is 0 Å². The van der Waals surface area contributed by atoms with Crippen molar-refractivity contribution in [3.05, 3.63) is 68.6 Å². The summed E-state index contributed by atoms with van der Waals surface area (Å²) in [5.41, 5.74) is 1.65. The van der Waals surface area contributed by atoms with Crippen LogP contribution in [-0.2, 0) is 11.3 Å². The fourth-order valence-electron chi connectivity index (χ4n) is 1.96. The number of ether oxygens (including phenoxy) is 1. The van der Waals surface area contributed by atoms with Crippen LogP contribution in [0.25, 0.3) is 10.1 Å². The maximum Gasteiger partial charge on any atom is 0.339 e. The minimum absolute atomic E-state index is 0.262. The van der Waals surface area contributed by atoms with Gasteiger partial charge in [-0.05, 0) is 46.4 Å². The molecule has 4 heteroatoms. The number of carbonyl (C=O) groups excluding carboxylic acids is 1. The van der Waals surface area contributed by atoms with Crippen LogP contribution < -0.4 is 0 Å². The summed E-state index contributed by atoms with van der Waals surface area (Å²) in [6.45, 7) is 0.306. The second-order valence-electron chi connectivity index (χ2n) is 4.35. The molecule has 0 amide bonds. The van der Waals surface area contributed by atoms with Gasteiger partial charge in [-0.3, -0.25) is 0 Å². The minimum atomic E-state index is -0.262. The first-order chi connectivity index (χ1) is 9.74. The Labute approximate surface area is 134 Å². The third-order valence-electron chi connectivity index (χ3n) is 2.97. The van der Waals surface area contributed by atoms with Gasteiger partial charge < -0.3 is 4.74 Å². The van der Waals surface area contributed by atoms with Crippen LogP contribution >= 0.6 is 33.9 Å². The van der Waals surface area contributed by atoms with Gasteiger partial charge in [0.25, 0.3) is 0 Å². The van der Waals surface area contributed by atoms with E-state index in [4.69, 9.17) is 4.74 Å². The zero-order chi connectivity index (χ0) is 13.9. The molecule has 0 bridgehead atoms. The Bertz CT molecular complexity index is 750. The van der Waals surface area contributed by atoms with E-state index < -0.39 is 0 Å². The lowest BCUT2D eigenvalue weighted by molar-refractivity contribution is 0.0475. The predicted octanol–water partition coefficient (Wildman–Crippen LogP) is 4.86. The highest BCUT2D eigenvalue weighted by Gasteiger charge is 2.13. The molecule has 100 valence electrons. The van der Waals surface area contributed by atoms with E-state index in [0.717, 1.165) is 19.2 Å². The van der Waals surface area contributed by atoms with Crippen LogP contribution in [0, 0.1) is 3.57 Å². The molecule has 1 heterocycles. The average Bonchev–Trinajstić information content (AvgIpc) is 2.89. The van der Waals surface area contributed by atoms with Gasteiger partial charge in [-0.1, -0.05) is 30.3 Å². The van der Waals surface area contributed by atoms with Crippen LogP contribution in [0.15, 0.2) is 53.9 Å². The van der Waals surface area contributed by atoms with E-state index in [1.54, 1.807) is 11.3 Å². The standard InChI is InChI=1S/C16H11IO2S/c17-12-6-7-15-13(8-12)14(10-20-15)16(18)19-9-11-4-2-1-3-5-11/h1-8,10H,9H2. The van der Waals surface area contributed by atoms with E-state index in [1.165, 1.54) is 0 Å². The van der Waals surface area contributed by atoms with Gasteiger partial charge in [-0.2, -0.15) is 0 Å². The second-order valence-corrected chi connectivity index (χ2v) is 6.51. The summed E-state index contributed by atoms with van der Waals surface area (Å²) in [7, 11) is 0. The molecular weight excluding hydrogens is 383 g/mol. The zero-order valence-electron chi connectivity index (χ0n) is 10.5. The predicted molar refractivity (Wildman–Crippen MR) is 90.1 cm³/mol. The lowest BCUT2D eigenvalue weighted by atomic mass is 10.2. The molecule has 0 radical (unpaired) electrons. The lowest BCUT2D eigenvalue weighted by Gasteiger charge is -2.04. The molecule has 2 nitrogen and oxygen atoms in total. The van der Waals surface area contributed by atoms with Crippen molar-refractivity contribution in [3.63, 3.8) is 0 Å². The van der Waals surface area contributed by atoms with Crippen LogP contribution in [0.3, 0.4) is 0 Å². The highest BCUT2D eigenvalue weighted by atomic mass is 127. The number of fused-ring (bicyclic) bond motifs is 1. The zero-order valence-corrected chi connectivity index (χ0v) is 13.5. The van der Waals surface area contributed by atoms with E-state index in [-0.39, 0.29) is 5.97 Å². The number of hydrogen-bond donors (Lipinski definition) is 0. The fraction of sp³-hybridized carbons (Fsp3) is 0.0625. The van der Waals surface area contributed by atoms with Crippen molar-refractivity contribution in [2.45, 2.75) is 6.61 Å². The SMILES string of the molecule is O=C(OCc1ccccc1)c1csc2ccc(I)cc12. The summed E-state index contributed by atoms with van der Waals surface area (Å²) in [5.74, 6) is -0.262. The molecule has 3 rings (SSSR count). The quantitative estimate of drug-likeness (QED) is 0.469. The summed E-state index contributed by atoms with van der Waals surface area (Å²) < 4.78 is 7.61. The summed E-state index contributed by atoms with van der Waals surface area (Å²) in [4.78, 5) is 12.2. The van der Waals surface area contributed by atoms with Crippen molar-refractivity contribution in [2.75, 3.05) is 0 Å². The van der Waals surface area contributed by atoms with E-state index in [2.05, 4.69) is 22.6 Å². The molecule has 0 fully saturated rings. The highest BCUT2D eigenvalue weighted by Crippen LogP contribution is 2.28. The Kier molecular flexibility index (Phi) is 4.03. The van der Waals surface area contributed by atoms with Crippen molar-refractivity contribution in [3.8, 4) is 0 Å². The molecule has 20 heavy (non-hydrogen) atoms. The molecule has 0 unspecified atom stereocenters. The monoisotopic (exact) mass is 394 g/mol. The van der Waals surface area contributed by atoms with Gasteiger partial charge in [0, 0.05) is 19.0 Å². The first-order valence-corrected chi connectivity index (χ1v) is 8.08. The number of thiophene rings is 1. The Hall–Kier alpha value is -1.40. The molecule has 0 N–H and O–H groups in total. The van der Waals surface area contributed by atoms with E-state index in [9.17, 15) is 4.79 Å². The molecule has 0 aliphatic heterocycles. The summed E-state index contributed by atoms with van der Waals surface area (Å²) >= 11 is 3.82. The Morgan fingerprint density at radius 1 is 1.15 bits per heavy atom. The van der Waals surface area contributed by atoms with Gasteiger partial charge >= 0.3 is 5.97 Å². The van der Waals surface area contributed by atoms with Gasteiger partial charge in [0.15, 0.2) is 0 Å². The van der Waals surface area contributed by atoms with Crippen LogP contribution in [0.5, 0.6) is 0 Å². The van der Waals surface area contributed by atoms with E-state index >= 15 is 0 Å². The van der Waals surface area contributed by atoms with E-state index in [1.807, 2.05) is 53.9 Å². The van der Waals surface area contributed by atoms with Gasteiger partial charge in [-0.25, -0.2) is 4.79 Å². The number of hydrogen-bond acceptors (Lipinski definition) is 3. The molecule has 0 spiro atoms. The number of halogens is 1. The smallest absolute Gasteiger partial charge is 0.339 e. The molecule has 0 saturated carbocycles. The van der Waals surface area contributed by atoms with Crippen molar-refractivity contribution >= 4 is 50.0 Å². The lowest BCUT2D eigenvalue weighted by Crippen LogP contribution is -2.04. The Balaban J connectivity index is 1.80. The number of esters is 1. The normalized spacial score (nSPS) is 10.7. The fourth-order valence-corrected chi connectivity index (χ4v) is 3.36. The van der Waals surface area contributed by atoms with Crippen LogP contribution in [0.1, 0.15) is 15.9 Å². The molecule has 2 aromatic carbocycles. The van der Waals surface area contributed by atoms with Gasteiger partial charge in [-0.15, -0.1) is 11.3 Å². The minimum Gasteiger partial charge on any atom is -0.457 e.